The fraction of sp³-hybridized carbons (Fsp3) is 0.500. The second-order valence-electron chi connectivity index (χ2n) is 7.43. The number of piperidine rings is 1. The van der Waals surface area contributed by atoms with Crippen LogP contribution in [0.1, 0.15) is 35.5 Å². The molecule has 1 amide bonds. The lowest BCUT2D eigenvalue weighted by atomic mass is 9.93. The maximum atomic E-state index is 11.6. The van der Waals surface area contributed by atoms with Crippen LogP contribution in [0.5, 0.6) is 0 Å². The molecule has 1 saturated heterocycles. The van der Waals surface area contributed by atoms with E-state index < -0.39 is 0 Å². The Morgan fingerprint density at radius 3 is 2.69 bits per heavy atom. The van der Waals surface area contributed by atoms with Gasteiger partial charge in [-0.05, 0) is 30.7 Å². The minimum atomic E-state index is 0.137. The summed E-state index contributed by atoms with van der Waals surface area (Å²) in [5.74, 6) is 1.52. The molecule has 3 rings (SSSR count). The molecule has 6 nitrogen and oxygen atoms in total. The summed E-state index contributed by atoms with van der Waals surface area (Å²) in [4.78, 5) is 23.1. The highest BCUT2D eigenvalue weighted by atomic mass is 32.1. The van der Waals surface area contributed by atoms with E-state index in [0.717, 1.165) is 50.4 Å². The van der Waals surface area contributed by atoms with Crippen molar-refractivity contribution in [3.8, 4) is 0 Å². The number of guanidine groups is 1. The molecule has 0 unspecified atom stereocenters. The van der Waals surface area contributed by atoms with Crippen LogP contribution in [0.4, 0.5) is 0 Å². The fourth-order valence-corrected chi connectivity index (χ4v) is 4.45. The van der Waals surface area contributed by atoms with E-state index in [9.17, 15) is 4.79 Å². The Labute approximate surface area is 177 Å². The number of nitrogens with one attached hydrogen (secondary N) is 2. The molecule has 0 saturated carbocycles. The van der Waals surface area contributed by atoms with Gasteiger partial charge in [-0.25, -0.2) is 4.98 Å². The van der Waals surface area contributed by atoms with Crippen LogP contribution in [0.25, 0.3) is 0 Å². The van der Waals surface area contributed by atoms with E-state index in [1.165, 1.54) is 10.6 Å². The lowest BCUT2D eigenvalue weighted by molar-refractivity contribution is -0.121. The molecule has 1 aliphatic heterocycles. The monoisotopic (exact) mass is 413 g/mol. The van der Waals surface area contributed by atoms with Gasteiger partial charge in [0.15, 0.2) is 5.96 Å². The maximum Gasteiger partial charge on any atom is 0.220 e. The minimum absolute atomic E-state index is 0.137. The Kier molecular flexibility index (Phi) is 8.04. The number of hydrogen-bond acceptors (Lipinski definition) is 4. The predicted molar refractivity (Wildman–Crippen MR) is 119 cm³/mol. The first-order valence-corrected chi connectivity index (χ1v) is 11.2. The van der Waals surface area contributed by atoms with Crippen LogP contribution in [0, 0.1) is 5.92 Å². The number of aryl methyl sites for hydroxylation is 2. The van der Waals surface area contributed by atoms with Crippen molar-refractivity contribution in [2.75, 3.05) is 27.2 Å². The molecule has 1 aromatic heterocycles. The van der Waals surface area contributed by atoms with Crippen LogP contribution in [0.2, 0.25) is 0 Å². The summed E-state index contributed by atoms with van der Waals surface area (Å²) in [6.45, 7) is 2.55. The van der Waals surface area contributed by atoms with Crippen LogP contribution in [-0.4, -0.2) is 48.9 Å². The van der Waals surface area contributed by atoms with Gasteiger partial charge in [-0.15, -0.1) is 11.3 Å². The molecule has 1 aromatic carbocycles. The molecular formula is C22H31N5OS. The maximum absolute atomic E-state index is 11.6. The molecule has 1 fully saturated rings. The summed E-state index contributed by atoms with van der Waals surface area (Å²) in [6, 6.07) is 10.5. The van der Waals surface area contributed by atoms with Crippen LogP contribution in [0.15, 0.2) is 40.7 Å². The average molecular weight is 414 g/mol. The summed E-state index contributed by atoms with van der Waals surface area (Å²) in [6.07, 6.45) is 4.67. The predicted octanol–water partition coefficient (Wildman–Crippen LogP) is 2.85. The largest absolute Gasteiger partial charge is 0.359 e. The van der Waals surface area contributed by atoms with Crippen molar-refractivity contribution >= 4 is 23.2 Å². The number of carbonyl (C=O) groups excluding carboxylic acids is 1. The van der Waals surface area contributed by atoms with E-state index in [4.69, 9.17) is 4.98 Å². The van der Waals surface area contributed by atoms with Crippen molar-refractivity contribution < 1.29 is 4.79 Å². The molecule has 7 heteroatoms. The summed E-state index contributed by atoms with van der Waals surface area (Å²) in [7, 11) is 3.53. The van der Waals surface area contributed by atoms with Gasteiger partial charge in [0, 0.05) is 45.4 Å². The minimum Gasteiger partial charge on any atom is -0.359 e. The van der Waals surface area contributed by atoms with Gasteiger partial charge in [0.1, 0.15) is 0 Å². The third-order valence-electron chi connectivity index (χ3n) is 5.38. The quantitative estimate of drug-likeness (QED) is 0.541. The number of aromatic nitrogens is 1. The number of amides is 1. The zero-order valence-corrected chi connectivity index (χ0v) is 18.2. The van der Waals surface area contributed by atoms with Crippen LogP contribution >= 0.6 is 11.3 Å². The zero-order chi connectivity index (χ0) is 20.5. The molecule has 2 aromatic rings. The van der Waals surface area contributed by atoms with Gasteiger partial charge in [0.05, 0.1) is 17.2 Å². The lowest BCUT2D eigenvalue weighted by Crippen LogP contribution is -2.45. The SMILES string of the molecule is CN=C(NCc1csc(CCc2ccccc2)n1)N1CCC(CC(=O)NC)CC1. The second-order valence-corrected chi connectivity index (χ2v) is 8.37. The number of rotatable bonds is 7. The molecular weight excluding hydrogens is 382 g/mol. The van der Waals surface area contributed by atoms with Crippen molar-refractivity contribution in [3.05, 3.63) is 52.0 Å². The highest BCUT2D eigenvalue weighted by Gasteiger charge is 2.23. The molecule has 1 aliphatic rings. The topological polar surface area (TPSA) is 69.6 Å². The van der Waals surface area contributed by atoms with Crippen molar-refractivity contribution in [2.24, 2.45) is 10.9 Å². The Bertz CT molecular complexity index is 797. The van der Waals surface area contributed by atoms with Crippen molar-refractivity contribution in [1.29, 1.82) is 0 Å². The molecule has 2 N–H and O–H groups in total. The average Bonchev–Trinajstić information content (AvgIpc) is 3.22. The van der Waals surface area contributed by atoms with E-state index in [0.29, 0.717) is 18.9 Å². The fourth-order valence-electron chi connectivity index (χ4n) is 3.66. The molecule has 29 heavy (non-hydrogen) atoms. The molecule has 0 atom stereocenters. The Morgan fingerprint density at radius 2 is 2.00 bits per heavy atom. The van der Waals surface area contributed by atoms with E-state index in [-0.39, 0.29) is 5.91 Å². The Hall–Kier alpha value is -2.41. The number of hydrogen-bond donors (Lipinski definition) is 2. The van der Waals surface area contributed by atoms with Crippen molar-refractivity contribution in [3.63, 3.8) is 0 Å². The zero-order valence-electron chi connectivity index (χ0n) is 17.4. The third kappa shape index (κ3) is 6.56. The van der Waals surface area contributed by atoms with E-state index in [1.54, 1.807) is 18.4 Å². The van der Waals surface area contributed by atoms with Gasteiger partial charge in [-0.3, -0.25) is 9.79 Å². The van der Waals surface area contributed by atoms with Gasteiger partial charge >= 0.3 is 0 Å². The van der Waals surface area contributed by atoms with Gasteiger partial charge in [-0.2, -0.15) is 0 Å². The number of thiazole rings is 1. The summed E-state index contributed by atoms with van der Waals surface area (Å²) >= 11 is 1.73. The van der Waals surface area contributed by atoms with Crippen molar-refractivity contribution in [1.82, 2.24) is 20.5 Å². The molecule has 0 aliphatic carbocycles. The molecule has 2 heterocycles. The highest BCUT2D eigenvalue weighted by Crippen LogP contribution is 2.20. The van der Waals surface area contributed by atoms with Gasteiger partial charge < -0.3 is 15.5 Å². The summed E-state index contributed by atoms with van der Waals surface area (Å²) in [5.41, 5.74) is 2.41. The molecule has 0 spiro atoms. The molecule has 156 valence electrons. The number of carbonyl (C=O) groups is 1. The van der Waals surface area contributed by atoms with Crippen LogP contribution < -0.4 is 10.6 Å². The first-order chi connectivity index (χ1) is 14.2. The number of aliphatic imine (C=N–C) groups is 1. The molecule has 0 bridgehead atoms. The number of likely N-dealkylation sites (tertiary alicyclic amines) is 1. The van der Waals surface area contributed by atoms with E-state index in [1.807, 2.05) is 13.1 Å². The lowest BCUT2D eigenvalue weighted by Gasteiger charge is -2.34. The van der Waals surface area contributed by atoms with Crippen LogP contribution in [0.3, 0.4) is 0 Å². The van der Waals surface area contributed by atoms with Crippen LogP contribution in [-0.2, 0) is 24.2 Å². The highest BCUT2D eigenvalue weighted by molar-refractivity contribution is 7.09. The van der Waals surface area contributed by atoms with Gasteiger partial charge in [0.25, 0.3) is 0 Å². The Balaban J connectivity index is 1.43. The first-order valence-electron chi connectivity index (χ1n) is 10.3. The second kappa shape index (κ2) is 11.0. The normalized spacial score (nSPS) is 15.4. The standard InChI is InChI=1S/C22H31N5OS/c1-23-20(28)14-18-10-12-27(13-11-18)22(24-2)25-15-19-16-29-21(26-19)9-8-17-6-4-3-5-7-17/h3-7,16,18H,8-15H2,1-2H3,(H,23,28)(H,24,25). The van der Waals surface area contributed by atoms with E-state index >= 15 is 0 Å². The van der Waals surface area contributed by atoms with Gasteiger partial charge in [-0.1, -0.05) is 30.3 Å². The smallest absolute Gasteiger partial charge is 0.220 e. The Morgan fingerprint density at radius 1 is 1.24 bits per heavy atom. The number of nitrogens with zero attached hydrogens (tertiary/aromatic N) is 3. The summed E-state index contributed by atoms with van der Waals surface area (Å²) in [5, 5.41) is 9.48. The number of benzene rings is 1. The first kappa shape index (κ1) is 21.3. The molecule has 0 radical (unpaired) electrons. The van der Waals surface area contributed by atoms with Crippen molar-refractivity contribution in [2.45, 2.75) is 38.6 Å². The van der Waals surface area contributed by atoms with Gasteiger partial charge in [0.2, 0.25) is 5.91 Å². The summed E-state index contributed by atoms with van der Waals surface area (Å²) < 4.78 is 0. The third-order valence-corrected chi connectivity index (χ3v) is 6.33. The van der Waals surface area contributed by atoms with E-state index in [2.05, 4.69) is 50.2 Å².